The van der Waals surface area contributed by atoms with E-state index < -0.39 is 0 Å². The molecule has 118 valence electrons. The molecule has 0 aliphatic heterocycles. The topological polar surface area (TPSA) is 17.8 Å². The molecule has 5 aromatic rings. The van der Waals surface area contributed by atoms with Crippen LogP contribution in [-0.4, -0.2) is 9.55 Å². The summed E-state index contributed by atoms with van der Waals surface area (Å²) >= 11 is 0. The number of hydrogen-bond acceptors (Lipinski definition) is 1. The number of benzene rings is 3. The molecule has 0 atom stereocenters. The Balaban J connectivity index is 1.86. The van der Waals surface area contributed by atoms with Crippen LogP contribution in [0, 0.1) is 0 Å². The van der Waals surface area contributed by atoms with Crippen LogP contribution in [0.1, 0.15) is 0 Å². The van der Waals surface area contributed by atoms with E-state index in [4.69, 9.17) is 0 Å². The first-order chi connectivity index (χ1) is 12.4. The van der Waals surface area contributed by atoms with Crippen molar-refractivity contribution in [2.45, 2.75) is 0 Å². The van der Waals surface area contributed by atoms with Gasteiger partial charge in [-0.1, -0.05) is 48.5 Å². The fourth-order valence-corrected chi connectivity index (χ4v) is 3.52. The first kappa shape index (κ1) is 14.0. The average Bonchev–Trinajstić information content (AvgIpc) is 3.03. The highest BCUT2D eigenvalue weighted by molar-refractivity contribution is 6.10. The molecule has 5 rings (SSSR count). The Morgan fingerprint density at radius 1 is 0.600 bits per heavy atom. The van der Waals surface area contributed by atoms with E-state index in [0.717, 1.165) is 11.3 Å². The van der Waals surface area contributed by atoms with Gasteiger partial charge in [-0.2, -0.15) is 0 Å². The van der Waals surface area contributed by atoms with Gasteiger partial charge in [-0.25, -0.2) is 0 Å². The number of aromatic nitrogens is 2. The first-order valence-electron chi connectivity index (χ1n) is 8.42. The lowest BCUT2D eigenvalue weighted by atomic mass is 10.1. The molecule has 2 heterocycles. The van der Waals surface area contributed by atoms with E-state index in [9.17, 15) is 0 Å². The molecule has 25 heavy (non-hydrogen) atoms. The zero-order valence-electron chi connectivity index (χ0n) is 13.6. The Morgan fingerprint density at radius 3 is 2.20 bits per heavy atom. The Bertz CT molecular complexity index is 1170. The van der Waals surface area contributed by atoms with Gasteiger partial charge in [0, 0.05) is 28.2 Å². The zero-order chi connectivity index (χ0) is 16.6. The van der Waals surface area contributed by atoms with Crippen LogP contribution in [0.3, 0.4) is 0 Å². The second-order valence-electron chi connectivity index (χ2n) is 6.14. The normalized spacial score (nSPS) is 11.2. The van der Waals surface area contributed by atoms with E-state index >= 15 is 0 Å². The summed E-state index contributed by atoms with van der Waals surface area (Å²) in [6, 6.07) is 31.7. The van der Waals surface area contributed by atoms with Crippen LogP contribution >= 0.6 is 0 Å². The molecule has 3 aromatic carbocycles. The predicted octanol–water partition coefficient (Wildman–Crippen LogP) is 5.85. The van der Waals surface area contributed by atoms with E-state index in [1.54, 1.807) is 0 Å². The number of pyridine rings is 1. The maximum absolute atomic E-state index is 4.49. The minimum absolute atomic E-state index is 1.00. The fourth-order valence-electron chi connectivity index (χ4n) is 3.52. The van der Waals surface area contributed by atoms with E-state index in [0.29, 0.717) is 0 Å². The summed E-state index contributed by atoms with van der Waals surface area (Å²) in [5.41, 5.74) is 5.76. The van der Waals surface area contributed by atoms with E-state index in [2.05, 4.69) is 88.4 Å². The van der Waals surface area contributed by atoms with Crippen LogP contribution in [0.5, 0.6) is 0 Å². The molecule has 0 amide bonds. The number of para-hydroxylation sites is 2. The summed E-state index contributed by atoms with van der Waals surface area (Å²) in [6.45, 7) is 0. The van der Waals surface area contributed by atoms with Crippen LogP contribution in [0.4, 0.5) is 0 Å². The standard InChI is InChI=1S/C23H16N2/c1-2-8-18(9-3-1)25-22-12-5-4-10-19(22)20-16-17(13-14-23(20)25)21-11-6-7-15-24-21/h1-16H. The molecule has 0 unspecified atom stereocenters. The molecule has 0 spiro atoms. The predicted molar refractivity (Wildman–Crippen MR) is 104 cm³/mol. The van der Waals surface area contributed by atoms with Crippen LogP contribution in [0.25, 0.3) is 38.8 Å². The number of rotatable bonds is 2. The Morgan fingerprint density at radius 2 is 1.36 bits per heavy atom. The van der Waals surface area contributed by atoms with Gasteiger partial charge in [0.1, 0.15) is 0 Å². The average molecular weight is 320 g/mol. The van der Waals surface area contributed by atoms with Crippen molar-refractivity contribution >= 4 is 21.8 Å². The highest BCUT2D eigenvalue weighted by Crippen LogP contribution is 2.34. The molecule has 0 aliphatic carbocycles. The van der Waals surface area contributed by atoms with Gasteiger partial charge in [0.25, 0.3) is 0 Å². The van der Waals surface area contributed by atoms with Gasteiger partial charge in [-0.15, -0.1) is 0 Å². The van der Waals surface area contributed by atoms with Crippen molar-refractivity contribution in [1.82, 2.24) is 9.55 Å². The molecular weight excluding hydrogens is 304 g/mol. The van der Waals surface area contributed by atoms with Gasteiger partial charge in [0.15, 0.2) is 0 Å². The number of fused-ring (bicyclic) bond motifs is 3. The van der Waals surface area contributed by atoms with Crippen molar-refractivity contribution in [3.63, 3.8) is 0 Å². The molecule has 2 nitrogen and oxygen atoms in total. The Kier molecular flexibility index (Phi) is 3.14. The van der Waals surface area contributed by atoms with Gasteiger partial charge in [-0.3, -0.25) is 4.98 Å². The van der Waals surface area contributed by atoms with Gasteiger partial charge in [0.05, 0.1) is 16.7 Å². The lowest BCUT2D eigenvalue weighted by Crippen LogP contribution is -1.92. The van der Waals surface area contributed by atoms with Crippen LogP contribution in [0.15, 0.2) is 97.2 Å². The number of nitrogens with zero attached hydrogens (tertiary/aromatic N) is 2. The number of hydrogen-bond donors (Lipinski definition) is 0. The summed E-state index contributed by atoms with van der Waals surface area (Å²) in [5, 5.41) is 2.52. The van der Waals surface area contributed by atoms with Crippen LogP contribution in [-0.2, 0) is 0 Å². The third-order valence-electron chi connectivity index (χ3n) is 4.65. The first-order valence-corrected chi connectivity index (χ1v) is 8.42. The second kappa shape index (κ2) is 5.60. The third-order valence-corrected chi connectivity index (χ3v) is 4.65. The molecule has 2 aromatic heterocycles. The summed E-state index contributed by atoms with van der Waals surface area (Å²) in [4.78, 5) is 4.49. The molecule has 0 N–H and O–H groups in total. The van der Waals surface area contributed by atoms with Crippen LogP contribution < -0.4 is 0 Å². The molecule has 2 heteroatoms. The highest BCUT2D eigenvalue weighted by atomic mass is 15.0. The van der Waals surface area contributed by atoms with Crippen molar-refractivity contribution < 1.29 is 0 Å². The fraction of sp³-hybridized carbons (Fsp3) is 0. The van der Waals surface area contributed by atoms with Crippen LogP contribution in [0.2, 0.25) is 0 Å². The van der Waals surface area contributed by atoms with Gasteiger partial charge in [-0.05, 0) is 42.5 Å². The summed E-state index contributed by atoms with van der Waals surface area (Å²) in [5.74, 6) is 0. The molecule has 0 radical (unpaired) electrons. The molecule has 0 bridgehead atoms. The van der Waals surface area contributed by atoms with E-state index in [1.807, 2.05) is 18.3 Å². The lowest BCUT2D eigenvalue weighted by molar-refractivity contribution is 1.18. The maximum atomic E-state index is 4.49. The second-order valence-corrected chi connectivity index (χ2v) is 6.14. The molecule has 0 saturated carbocycles. The molecule has 0 saturated heterocycles. The molecule has 0 fully saturated rings. The van der Waals surface area contributed by atoms with Crippen molar-refractivity contribution in [2.75, 3.05) is 0 Å². The van der Waals surface area contributed by atoms with Crippen molar-refractivity contribution in [3.05, 3.63) is 97.2 Å². The zero-order valence-corrected chi connectivity index (χ0v) is 13.6. The Hall–Kier alpha value is -3.39. The van der Waals surface area contributed by atoms with Gasteiger partial charge >= 0.3 is 0 Å². The van der Waals surface area contributed by atoms with Crippen molar-refractivity contribution in [2.24, 2.45) is 0 Å². The van der Waals surface area contributed by atoms with Crippen molar-refractivity contribution in [3.8, 4) is 16.9 Å². The third kappa shape index (κ3) is 2.23. The summed E-state index contributed by atoms with van der Waals surface area (Å²) in [7, 11) is 0. The summed E-state index contributed by atoms with van der Waals surface area (Å²) in [6.07, 6.45) is 1.84. The summed E-state index contributed by atoms with van der Waals surface area (Å²) < 4.78 is 2.33. The Labute approximate surface area is 146 Å². The minimum Gasteiger partial charge on any atom is -0.309 e. The minimum atomic E-state index is 1.00. The maximum Gasteiger partial charge on any atom is 0.0702 e. The quantitative estimate of drug-likeness (QED) is 0.399. The largest absolute Gasteiger partial charge is 0.309 e. The SMILES string of the molecule is c1ccc(-n2c3ccccc3c3cc(-c4ccccn4)ccc32)cc1. The molecule has 0 aliphatic rings. The lowest BCUT2D eigenvalue weighted by Gasteiger charge is -2.07. The van der Waals surface area contributed by atoms with E-state index in [-0.39, 0.29) is 0 Å². The highest BCUT2D eigenvalue weighted by Gasteiger charge is 2.12. The van der Waals surface area contributed by atoms with Crippen molar-refractivity contribution in [1.29, 1.82) is 0 Å². The van der Waals surface area contributed by atoms with Gasteiger partial charge in [0.2, 0.25) is 0 Å². The molecular formula is C23H16N2. The van der Waals surface area contributed by atoms with Gasteiger partial charge < -0.3 is 4.57 Å². The van der Waals surface area contributed by atoms with E-state index in [1.165, 1.54) is 27.5 Å². The monoisotopic (exact) mass is 320 g/mol. The smallest absolute Gasteiger partial charge is 0.0702 e.